The summed E-state index contributed by atoms with van der Waals surface area (Å²) in [6, 6.07) is 2.97. The van der Waals surface area contributed by atoms with Crippen molar-refractivity contribution in [2.45, 2.75) is 65.8 Å². The van der Waals surface area contributed by atoms with Crippen LogP contribution in [0.2, 0.25) is 0 Å². The van der Waals surface area contributed by atoms with Gasteiger partial charge in [0.15, 0.2) is 0 Å². The molecule has 9 heteroatoms. The largest absolute Gasteiger partial charge is 0.425 e. The topological polar surface area (TPSA) is 136 Å². The Labute approximate surface area is 179 Å². The first-order valence-corrected chi connectivity index (χ1v) is 11.6. The highest BCUT2D eigenvalue weighted by Gasteiger charge is 2.31. The third kappa shape index (κ3) is 8.04. The molecule has 0 fully saturated rings. The normalized spacial score (nSPS) is 13.2. The van der Waals surface area contributed by atoms with Gasteiger partial charge in [-0.2, -0.15) is 8.42 Å². The number of rotatable bonds is 10. The molecule has 0 heterocycles. The first-order valence-electron chi connectivity index (χ1n) is 9.95. The highest BCUT2D eigenvalue weighted by molar-refractivity contribution is 7.85. The molecular weight excluding hydrogens is 408 g/mol. The lowest BCUT2D eigenvalue weighted by molar-refractivity contribution is -0.136. The second kappa shape index (κ2) is 10.4. The maximum absolute atomic E-state index is 12.4. The Morgan fingerprint density at radius 3 is 2.37 bits per heavy atom. The van der Waals surface area contributed by atoms with Crippen LogP contribution in [-0.2, 0) is 25.1 Å². The van der Waals surface area contributed by atoms with Crippen molar-refractivity contribution in [3.05, 3.63) is 28.8 Å². The molecule has 170 valence electrons. The van der Waals surface area contributed by atoms with E-state index in [1.165, 1.54) is 0 Å². The molecule has 0 saturated heterocycles. The Morgan fingerprint density at radius 1 is 1.23 bits per heavy atom. The lowest BCUT2D eigenvalue weighted by Crippen LogP contribution is -2.39. The van der Waals surface area contributed by atoms with E-state index in [-0.39, 0.29) is 31.2 Å². The number of hydrogen-bond donors (Lipinski definition) is 3. The lowest BCUT2D eigenvalue weighted by atomic mass is 9.78. The van der Waals surface area contributed by atoms with E-state index in [0.717, 1.165) is 16.7 Å². The van der Waals surface area contributed by atoms with Gasteiger partial charge in [0.25, 0.3) is 10.1 Å². The van der Waals surface area contributed by atoms with Crippen molar-refractivity contribution >= 4 is 22.0 Å². The standard InChI is InChI=1S/C21H34N2O6S/c1-13(2)19(22)20(25)29-16-11-14(3)10-15(4)18(16)21(5,6)12-17(24)23-8-7-9-30(26,27)28/h10-11,13,19H,7-9,12,22H2,1-6H3,(H,23,24)(H,26,27,28)/t19-/m0/s1. The molecule has 0 aromatic heterocycles. The minimum atomic E-state index is -4.05. The van der Waals surface area contributed by atoms with Crippen molar-refractivity contribution in [1.82, 2.24) is 5.32 Å². The second-order valence-electron chi connectivity index (χ2n) is 8.70. The van der Waals surface area contributed by atoms with Gasteiger partial charge in [0.1, 0.15) is 11.8 Å². The number of benzene rings is 1. The minimum Gasteiger partial charge on any atom is -0.425 e. The van der Waals surface area contributed by atoms with Gasteiger partial charge in [0, 0.05) is 23.9 Å². The van der Waals surface area contributed by atoms with Gasteiger partial charge in [-0.15, -0.1) is 0 Å². The number of hydrogen-bond acceptors (Lipinski definition) is 6. The number of ether oxygens (including phenoxy) is 1. The van der Waals surface area contributed by atoms with Crippen LogP contribution < -0.4 is 15.8 Å². The van der Waals surface area contributed by atoms with Crippen LogP contribution in [0.3, 0.4) is 0 Å². The van der Waals surface area contributed by atoms with Gasteiger partial charge in [0.2, 0.25) is 5.91 Å². The molecule has 0 aliphatic carbocycles. The third-order valence-electron chi connectivity index (χ3n) is 4.83. The molecule has 1 aromatic carbocycles. The predicted molar refractivity (Wildman–Crippen MR) is 116 cm³/mol. The van der Waals surface area contributed by atoms with Crippen LogP contribution in [0.15, 0.2) is 12.1 Å². The Kier molecular flexibility index (Phi) is 9.01. The molecule has 30 heavy (non-hydrogen) atoms. The average molecular weight is 443 g/mol. The Balaban J connectivity index is 3.01. The molecule has 8 nitrogen and oxygen atoms in total. The van der Waals surface area contributed by atoms with Crippen LogP contribution in [0.4, 0.5) is 0 Å². The summed E-state index contributed by atoms with van der Waals surface area (Å²) >= 11 is 0. The summed E-state index contributed by atoms with van der Waals surface area (Å²) in [7, 11) is -4.05. The number of nitrogens with two attached hydrogens (primary N) is 1. The smallest absolute Gasteiger partial charge is 0.328 e. The number of nitrogens with one attached hydrogen (secondary N) is 1. The monoisotopic (exact) mass is 442 g/mol. The molecule has 1 aromatic rings. The van der Waals surface area contributed by atoms with E-state index in [4.69, 9.17) is 15.0 Å². The lowest BCUT2D eigenvalue weighted by Gasteiger charge is -2.29. The molecule has 1 atom stereocenters. The summed E-state index contributed by atoms with van der Waals surface area (Å²) in [5.74, 6) is -0.899. The van der Waals surface area contributed by atoms with Gasteiger partial charge in [-0.3, -0.25) is 9.35 Å². The summed E-state index contributed by atoms with van der Waals surface area (Å²) in [5, 5.41) is 2.66. The van der Waals surface area contributed by atoms with Gasteiger partial charge in [-0.05, 0) is 43.4 Å². The summed E-state index contributed by atoms with van der Waals surface area (Å²) < 4.78 is 35.9. The van der Waals surface area contributed by atoms with Gasteiger partial charge in [-0.25, -0.2) is 4.79 Å². The van der Waals surface area contributed by atoms with Crippen LogP contribution in [0.25, 0.3) is 0 Å². The van der Waals surface area contributed by atoms with Gasteiger partial charge < -0.3 is 15.8 Å². The van der Waals surface area contributed by atoms with Crippen molar-refractivity contribution in [2.24, 2.45) is 11.7 Å². The van der Waals surface area contributed by atoms with Crippen molar-refractivity contribution < 1.29 is 27.3 Å². The van der Waals surface area contributed by atoms with E-state index in [9.17, 15) is 18.0 Å². The molecule has 4 N–H and O–H groups in total. The quantitative estimate of drug-likeness (QED) is 0.219. The zero-order valence-corrected chi connectivity index (χ0v) is 19.4. The first-order chi connectivity index (χ1) is 13.6. The highest BCUT2D eigenvalue weighted by atomic mass is 32.2. The number of carbonyl (C=O) groups excluding carboxylic acids is 2. The summed E-state index contributed by atoms with van der Waals surface area (Å²) in [6.07, 6.45) is 0.216. The van der Waals surface area contributed by atoms with E-state index in [2.05, 4.69) is 5.32 Å². The summed E-state index contributed by atoms with van der Waals surface area (Å²) in [4.78, 5) is 24.9. The predicted octanol–water partition coefficient (Wildman–Crippen LogP) is 2.25. The van der Waals surface area contributed by atoms with Crippen LogP contribution in [0.1, 0.15) is 57.2 Å². The molecule has 0 aliphatic heterocycles. The van der Waals surface area contributed by atoms with Gasteiger partial charge in [0.05, 0.1) is 5.75 Å². The van der Waals surface area contributed by atoms with Gasteiger partial charge in [-0.1, -0.05) is 33.8 Å². The molecule has 0 saturated carbocycles. The Hall–Kier alpha value is -1.97. The average Bonchev–Trinajstić information content (AvgIpc) is 2.55. The maximum Gasteiger partial charge on any atom is 0.328 e. The molecule has 1 rings (SSSR count). The molecule has 0 aliphatic rings. The summed E-state index contributed by atoms with van der Waals surface area (Å²) in [6.45, 7) is 11.4. The van der Waals surface area contributed by atoms with Crippen molar-refractivity contribution in [3.63, 3.8) is 0 Å². The van der Waals surface area contributed by atoms with Gasteiger partial charge >= 0.3 is 5.97 Å². The SMILES string of the molecule is Cc1cc(C)c(C(C)(C)CC(=O)NCCCS(=O)(=O)O)c(OC(=O)[C@@H](N)C(C)C)c1. The Bertz CT molecular complexity index is 878. The number of aryl methyl sites for hydroxylation is 2. The van der Waals surface area contributed by atoms with Crippen LogP contribution in [0, 0.1) is 19.8 Å². The van der Waals surface area contributed by atoms with E-state index < -0.39 is 33.3 Å². The minimum absolute atomic E-state index is 0.0756. The zero-order chi connectivity index (χ0) is 23.3. The van der Waals surface area contributed by atoms with E-state index in [1.807, 2.05) is 47.6 Å². The molecule has 0 bridgehead atoms. The van der Waals surface area contributed by atoms with Crippen molar-refractivity contribution in [3.8, 4) is 5.75 Å². The van der Waals surface area contributed by atoms with Crippen LogP contribution in [0.5, 0.6) is 5.75 Å². The zero-order valence-electron chi connectivity index (χ0n) is 18.6. The molecule has 0 unspecified atom stereocenters. The van der Waals surface area contributed by atoms with Crippen LogP contribution >= 0.6 is 0 Å². The number of carbonyl (C=O) groups is 2. The van der Waals surface area contributed by atoms with Crippen molar-refractivity contribution in [1.29, 1.82) is 0 Å². The van der Waals surface area contributed by atoms with E-state index >= 15 is 0 Å². The fraction of sp³-hybridized carbons (Fsp3) is 0.619. The van der Waals surface area contributed by atoms with Crippen LogP contribution in [-0.4, -0.2) is 43.2 Å². The number of esters is 1. The number of amides is 1. The molecule has 0 spiro atoms. The Morgan fingerprint density at radius 2 is 1.83 bits per heavy atom. The van der Waals surface area contributed by atoms with Crippen molar-refractivity contribution in [2.75, 3.05) is 12.3 Å². The fourth-order valence-corrected chi connectivity index (χ4v) is 3.87. The maximum atomic E-state index is 12.4. The van der Waals surface area contributed by atoms with E-state index in [0.29, 0.717) is 5.75 Å². The molecule has 0 radical (unpaired) electrons. The summed E-state index contributed by atoms with van der Waals surface area (Å²) in [5.41, 5.74) is 7.81. The highest BCUT2D eigenvalue weighted by Crippen LogP contribution is 2.38. The fourth-order valence-electron chi connectivity index (χ4n) is 3.36. The molecule has 1 amide bonds. The third-order valence-corrected chi connectivity index (χ3v) is 5.63. The molecular formula is C21H34N2O6S. The van der Waals surface area contributed by atoms with E-state index in [1.54, 1.807) is 6.07 Å². The first kappa shape index (κ1) is 26.1. The second-order valence-corrected chi connectivity index (χ2v) is 10.3.